The van der Waals surface area contributed by atoms with Crippen molar-refractivity contribution in [1.82, 2.24) is 14.5 Å². The number of ether oxygens (including phenoxy) is 2. The number of aromatic nitrogens is 2. The van der Waals surface area contributed by atoms with Crippen molar-refractivity contribution in [2.75, 3.05) is 27.0 Å². The van der Waals surface area contributed by atoms with E-state index < -0.39 is 0 Å². The summed E-state index contributed by atoms with van der Waals surface area (Å²) in [6, 6.07) is 15.9. The highest BCUT2D eigenvalue weighted by Crippen LogP contribution is 2.28. The summed E-state index contributed by atoms with van der Waals surface area (Å²) >= 11 is 1.45. The molecule has 1 aromatic heterocycles. The predicted molar refractivity (Wildman–Crippen MR) is 115 cm³/mol. The first-order valence-corrected chi connectivity index (χ1v) is 10.2. The minimum Gasteiger partial charge on any atom is -0.493 e. The Morgan fingerprint density at radius 1 is 1.07 bits per heavy atom. The summed E-state index contributed by atoms with van der Waals surface area (Å²) in [6.07, 6.45) is 3.70. The predicted octanol–water partition coefficient (Wildman–Crippen LogP) is 3.70. The standard InChI is InChI=1S/C22H25N3O3S/c1-24(14-18-9-10-19(27-2)20(13-18)28-3)21(26)16-29-22-23-11-12-25(22)15-17-7-5-4-6-8-17/h4-13H,14-16H2,1-3H3. The van der Waals surface area contributed by atoms with E-state index in [0.29, 0.717) is 23.8 Å². The molecule has 3 rings (SSSR count). The topological polar surface area (TPSA) is 56.6 Å². The van der Waals surface area contributed by atoms with E-state index in [0.717, 1.165) is 17.3 Å². The number of nitrogens with zero attached hydrogens (tertiary/aromatic N) is 3. The number of imidazole rings is 1. The SMILES string of the molecule is COc1ccc(CN(C)C(=O)CSc2nccn2Cc2ccccc2)cc1OC. The minimum absolute atomic E-state index is 0.0408. The van der Waals surface area contributed by atoms with Gasteiger partial charge in [0.15, 0.2) is 16.7 Å². The molecule has 0 bridgehead atoms. The number of hydrogen-bond acceptors (Lipinski definition) is 5. The van der Waals surface area contributed by atoms with Crippen molar-refractivity contribution in [2.24, 2.45) is 0 Å². The molecule has 0 radical (unpaired) electrons. The van der Waals surface area contributed by atoms with E-state index in [1.165, 1.54) is 17.3 Å². The summed E-state index contributed by atoms with van der Waals surface area (Å²) in [5.74, 6) is 1.70. The third-order valence-corrected chi connectivity index (χ3v) is 5.48. The molecule has 0 unspecified atom stereocenters. The van der Waals surface area contributed by atoms with Crippen molar-refractivity contribution in [1.29, 1.82) is 0 Å². The van der Waals surface area contributed by atoms with Crippen LogP contribution in [0.5, 0.6) is 11.5 Å². The van der Waals surface area contributed by atoms with Crippen molar-refractivity contribution in [3.63, 3.8) is 0 Å². The zero-order valence-electron chi connectivity index (χ0n) is 16.9. The smallest absolute Gasteiger partial charge is 0.233 e. The van der Waals surface area contributed by atoms with Gasteiger partial charge in [-0.15, -0.1) is 0 Å². The van der Waals surface area contributed by atoms with Gasteiger partial charge >= 0.3 is 0 Å². The van der Waals surface area contributed by atoms with E-state index in [1.807, 2.05) is 42.6 Å². The maximum atomic E-state index is 12.6. The number of methoxy groups -OCH3 is 2. The Morgan fingerprint density at radius 3 is 2.55 bits per heavy atom. The Kier molecular flexibility index (Phi) is 7.19. The van der Waals surface area contributed by atoms with Gasteiger partial charge in [0, 0.05) is 32.5 Å². The molecule has 0 aliphatic heterocycles. The van der Waals surface area contributed by atoms with Crippen LogP contribution in [0.4, 0.5) is 0 Å². The van der Waals surface area contributed by atoms with E-state index >= 15 is 0 Å². The molecule has 152 valence electrons. The average molecular weight is 412 g/mol. The maximum absolute atomic E-state index is 12.6. The highest BCUT2D eigenvalue weighted by Gasteiger charge is 2.14. The largest absolute Gasteiger partial charge is 0.493 e. The second kappa shape index (κ2) is 10.0. The lowest BCUT2D eigenvalue weighted by atomic mass is 10.2. The second-order valence-corrected chi connectivity index (χ2v) is 7.49. The van der Waals surface area contributed by atoms with E-state index in [2.05, 4.69) is 21.7 Å². The first-order chi connectivity index (χ1) is 14.1. The molecule has 1 heterocycles. The molecule has 6 nitrogen and oxygen atoms in total. The number of amides is 1. The number of thioether (sulfide) groups is 1. The molecule has 1 amide bonds. The van der Waals surface area contributed by atoms with Gasteiger partial charge < -0.3 is 18.9 Å². The number of hydrogen-bond donors (Lipinski definition) is 0. The summed E-state index contributed by atoms with van der Waals surface area (Å²) in [7, 11) is 5.01. The summed E-state index contributed by atoms with van der Waals surface area (Å²) in [5.41, 5.74) is 2.18. The van der Waals surface area contributed by atoms with Gasteiger partial charge in [-0.2, -0.15) is 0 Å². The van der Waals surface area contributed by atoms with E-state index in [1.54, 1.807) is 32.4 Å². The van der Waals surface area contributed by atoms with Crippen LogP contribution >= 0.6 is 11.8 Å². The third-order valence-electron chi connectivity index (χ3n) is 4.49. The van der Waals surface area contributed by atoms with Gasteiger partial charge in [-0.25, -0.2) is 4.98 Å². The fourth-order valence-electron chi connectivity index (χ4n) is 2.91. The van der Waals surface area contributed by atoms with Gasteiger partial charge in [-0.3, -0.25) is 4.79 Å². The maximum Gasteiger partial charge on any atom is 0.233 e. The quantitative estimate of drug-likeness (QED) is 0.503. The summed E-state index contributed by atoms with van der Waals surface area (Å²) in [6.45, 7) is 1.23. The number of rotatable bonds is 9. The van der Waals surface area contributed by atoms with Crippen molar-refractivity contribution < 1.29 is 14.3 Å². The van der Waals surface area contributed by atoms with Crippen LogP contribution in [0.3, 0.4) is 0 Å². The van der Waals surface area contributed by atoms with Crippen LogP contribution in [0.15, 0.2) is 66.1 Å². The fourth-order valence-corrected chi connectivity index (χ4v) is 3.81. The van der Waals surface area contributed by atoms with Gasteiger partial charge in [0.1, 0.15) is 0 Å². The van der Waals surface area contributed by atoms with Crippen LogP contribution < -0.4 is 9.47 Å². The van der Waals surface area contributed by atoms with Crippen LogP contribution in [0.2, 0.25) is 0 Å². The molecule has 2 aromatic carbocycles. The zero-order valence-corrected chi connectivity index (χ0v) is 17.7. The van der Waals surface area contributed by atoms with Crippen LogP contribution in [-0.2, 0) is 17.9 Å². The lowest BCUT2D eigenvalue weighted by Crippen LogP contribution is -2.28. The molecular weight excluding hydrogens is 386 g/mol. The Hall–Kier alpha value is -2.93. The van der Waals surface area contributed by atoms with Crippen molar-refractivity contribution in [3.05, 3.63) is 72.1 Å². The first-order valence-electron chi connectivity index (χ1n) is 9.23. The molecule has 7 heteroatoms. The summed E-state index contributed by atoms with van der Waals surface area (Å²) in [4.78, 5) is 18.7. The molecular formula is C22H25N3O3S. The van der Waals surface area contributed by atoms with E-state index in [-0.39, 0.29) is 5.91 Å². The van der Waals surface area contributed by atoms with Crippen LogP contribution in [0, 0.1) is 0 Å². The van der Waals surface area contributed by atoms with Crippen LogP contribution in [0.1, 0.15) is 11.1 Å². The molecule has 0 fully saturated rings. The minimum atomic E-state index is 0.0408. The molecule has 0 spiro atoms. The zero-order chi connectivity index (χ0) is 20.6. The summed E-state index contributed by atoms with van der Waals surface area (Å²) < 4.78 is 12.7. The molecule has 29 heavy (non-hydrogen) atoms. The monoisotopic (exact) mass is 411 g/mol. The lowest BCUT2D eigenvalue weighted by molar-refractivity contribution is -0.127. The van der Waals surface area contributed by atoms with Gasteiger partial charge in [-0.05, 0) is 23.3 Å². The molecule has 3 aromatic rings. The number of carbonyl (C=O) groups is 1. The van der Waals surface area contributed by atoms with Crippen molar-refractivity contribution in [2.45, 2.75) is 18.2 Å². The summed E-state index contributed by atoms with van der Waals surface area (Å²) in [5, 5.41) is 0.835. The molecule has 0 aliphatic carbocycles. The highest BCUT2D eigenvalue weighted by atomic mass is 32.2. The van der Waals surface area contributed by atoms with Crippen molar-refractivity contribution >= 4 is 17.7 Å². The Labute approximate surface area is 175 Å². The van der Waals surface area contributed by atoms with E-state index in [4.69, 9.17) is 9.47 Å². The lowest BCUT2D eigenvalue weighted by Gasteiger charge is -2.18. The molecule has 0 saturated heterocycles. The molecule has 0 aliphatic rings. The fraction of sp³-hybridized carbons (Fsp3) is 0.273. The van der Waals surface area contributed by atoms with E-state index in [9.17, 15) is 4.79 Å². The Balaban J connectivity index is 1.56. The molecule has 0 atom stereocenters. The van der Waals surface area contributed by atoms with Gasteiger partial charge in [0.25, 0.3) is 0 Å². The molecule has 0 N–H and O–H groups in total. The van der Waals surface area contributed by atoms with Gasteiger partial charge in [0.2, 0.25) is 5.91 Å². The average Bonchev–Trinajstić information content (AvgIpc) is 3.19. The third kappa shape index (κ3) is 5.54. The number of benzene rings is 2. The first kappa shape index (κ1) is 20.8. The van der Waals surface area contributed by atoms with Gasteiger partial charge in [0.05, 0.1) is 20.0 Å². The van der Waals surface area contributed by atoms with Crippen LogP contribution in [0.25, 0.3) is 0 Å². The highest BCUT2D eigenvalue weighted by molar-refractivity contribution is 7.99. The Bertz CT molecular complexity index is 943. The van der Waals surface area contributed by atoms with Crippen LogP contribution in [-0.4, -0.2) is 47.4 Å². The Morgan fingerprint density at radius 2 is 1.83 bits per heavy atom. The number of carbonyl (C=O) groups excluding carboxylic acids is 1. The molecule has 0 saturated carbocycles. The van der Waals surface area contributed by atoms with Crippen molar-refractivity contribution in [3.8, 4) is 11.5 Å². The second-order valence-electron chi connectivity index (χ2n) is 6.55. The normalized spacial score (nSPS) is 10.6. The van der Waals surface area contributed by atoms with Gasteiger partial charge in [-0.1, -0.05) is 48.2 Å².